The van der Waals surface area contributed by atoms with E-state index in [2.05, 4.69) is 16.4 Å². The fourth-order valence-electron chi connectivity index (χ4n) is 2.89. The number of thiazole rings is 1. The van der Waals surface area contributed by atoms with Gasteiger partial charge in [-0.2, -0.15) is 0 Å². The number of hydrogen-bond donors (Lipinski definition) is 1. The molecule has 0 radical (unpaired) electrons. The Balaban J connectivity index is 1.58. The van der Waals surface area contributed by atoms with Gasteiger partial charge in [0.25, 0.3) is 5.91 Å². The van der Waals surface area contributed by atoms with Crippen LogP contribution in [0.25, 0.3) is 10.6 Å². The number of rotatable bonds is 6. The van der Waals surface area contributed by atoms with Gasteiger partial charge in [-0.05, 0) is 44.4 Å². The molecular weight excluding hydrogens is 384 g/mol. The summed E-state index contributed by atoms with van der Waals surface area (Å²) in [5, 5.41) is 3.62. The fourth-order valence-corrected chi connectivity index (χ4v) is 3.85. The average Bonchev–Trinajstić information content (AvgIpc) is 3.10. The molecule has 1 amide bonds. The van der Waals surface area contributed by atoms with Crippen LogP contribution < -0.4 is 5.32 Å². The Bertz CT molecular complexity index is 1030. The number of benzene rings is 2. The Labute approximate surface area is 174 Å². The van der Waals surface area contributed by atoms with Gasteiger partial charge in [-0.3, -0.25) is 4.79 Å². The zero-order chi connectivity index (χ0) is 21.0. The van der Waals surface area contributed by atoms with E-state index in [1.54, 1.807) is 6.92 Å². The van der Waals surface area contributed by atoms with Crippen LogP contribution in [0.15, 0.2) is 48.5 Å². The second-order valence-electron chi connectivity index (χ2n) is 7.01. The van der Waals surface area contributed by atoms with Crippen molar-refractivity contribution in [1.29, 1.82) is 0 Å². The molecule has 3 rings (SSSR count). The van der Waals surface area contributed by atoms with E-state index < -0.39 is 5.97 Å². The fraction of sp³-hybridized carbons (Fsp3) is 0.261. The van der Waals surface area contributed by atoms with Gasteiger partial charge in [0.15, 0.2) is 6.61 Å². The quantitative estimate of drug-likeness (QED) is 0.597. The van der Waals surface area contributed by atoms with E-state index in [1.165, 1.54) is 22.5 Å². The summed E-state index contributed by atoms with van der Waals surface area (Å²) in [4.78, 5) is 29.5. The van der Waals surface area contributed by atoms with Crippen molar-refractivity contribution in [1.82, 2.24) is 10.3 Å². The van der Waals surface area contributed by atoms with Crippen LogP contribution in [0, 0.1) is 20.8 Å². The van der Waals surface area contributed by atoms with E-state index in [4.69, 9.17) is 4.74 Å². The van der Waals surface area contributed by atoms with Crippen LogP contribution in [0.5, 0.6) is 0 Å². The number of hydrogen-bond acceptors (Lipinski definition) is 5. The summed E-state index contributed by atoms with van der Waals surface area (Å²) < 4.78 is 5.22. The molecule has 1 atom stereocenters. The van der Waals surface area contributed by atoms with Crippen molar-refractivity contribution in [3.8, 4) is 10.6 Å². The highest BCUT2D eigenvalue weighted by Crippen LogP contribution is 2.28. The summed E-state index contributed by atoms with van der Waals surface area (Å²) in [6, 6.07) is 15.6. The number of carbonyl (C=O) groups excluding carboxylic acids is 2. The van der Waals surface area contributed by atoms with Crippen LogP contribution in [0.1, 0.15) is 45.0 Å². The number of nitrogens with zero attached hydrogens (tertiary/aromatic N) is 1. The Morgan fingerprint density at radius 2 is 1.79 bits per heavy atom. The van der Waals surface area contributed by atoms with Crippen molar-refractivity contribution in [3.63, 3.8) is 0 Å². The topological polar surface area (TPSA) is 68.3 Å². The number of aryl methyl sites for hydroxylation is 3. The summed E-state index contributed by atoms with van der Waals surface area (Å²) in [6.07, 6.45) is 0. The summed E-state index contributed by atoms with van der Waals surface area (Å²) >= 11 is 1.27. The lowest BCUT2D eigenvalue weighted by Gasteiger charge is -2.15. The Kier molecular flexibility index (Phi) is 6.44. The Morgan fingerprint density at radius 1 is 1.07 bits per heavy atom. The first-order valence-electron chi connectivity index (χ1n) is 9.41. The maximum atomic E-state index is 12.4. The van der Waals surface area contributed by atoms with Crippen LogP contribution in [-0.2, 0) is 9.53 Å². The predicted octanol–water partition coefficient (Wildman–Crippen LogP) is 4.77. The third-order valence-electron chi connectivity index (χ3n) is 4.75. The summed E-state index contributed by atoms with van der Waals surface area (Å²) in [5.41, 5.74) is 4.93. The van der Waals surface area contributed by atoms with Gasteiger partial charge < -0.3 is 10.1 Å². The molecule has 6 heteroatoms. The van der Waals surface area contributed by atoms with Gasteiger partial charge in [0.1, 0.15) is 9.88 Å². The summed E-state index contributed by atoms with van der Waals surface area (Å²) in [6.45, 7) is 7.43. The molecule has 29 heavy (non-hydrogen) atoms. The van der Waals surface area contributed by atoms with Crippen LogP contribution in [-0.4, -0.2) is 23.5 Å². The van der Waals surface area contributed by atoms with Crippen molar-refractivity contribution >= 4 is 23.2 Å². The first-order chi connectivity index (χ1) is 13.8. The molecule has 0 aliphatic rings. The molecule has 0 aliphatic heterocycles. The minimum absolute atomic E-state index is 0.171. The molecule has 5 nitrogen and oxygen atoms in total. The van der Waals surface area contributed by atoms with Gasteiger partial charge in [0.2, 0.25) is 0 Å². The highest BCUT2D eigenvalue weighted by atomic mass is 32.1. The number of aromatic nitrogens is 1. The summed E-state index contributed by atoms with van der Waals surface area (Å²) in [7, 11) is 0. The van der Waals surface area contributed by atoms with E-state index in [0.717, 1.165) is 16.1 Å². The number of ether oxygens (including phenoxy) is 1. The van der Waals surface area contributed by atoms with Crippen molar-refractivity contribution < 1.29 is 14.3 Å². The second-order valence-corrected chi connectivity index (χ2v) is 8.01. The molecule has 0 aliphatic carbocycles. The molecule has 1 aromatic heterocycles. The number of nitrogens with one attached hydrogen (secondary N) is 1. The Morgan fingerprint density at radius 3 is 2.48 bits per heavy atom. The standard InChI is InChI=1S/C23H24N2O3S/c1-14-10-11-19(12-15(14)2)16(3)24-20(26)13-28-23(27)21-17(4)25-22(29-21)18-8-6-5-7-9-18/h5-12,16H,13H2,1-4H3,(H,24,26)/t16-/m1/s1. The van der Waals surface area contributed by atoms with Gasteiger partial charge in [0, 0.05) is 5.56 Å². The highest BCUT2D eigenvalue weighted by molar-refractivity contribution is 7.17. The molecule has 1 heterocycles. The van der Waals surface area contributed by atoms with Gasteiger partial charge >= 0.3 is 5.97 Å². The molecule has 2 aromatic carbocycles. The van der Waals surface area contributed by atoms with Crippen LogP contribution >= 0.6 is 11.3 Å². The largest absolute Gasteiger partial charge is 0.451 e. The van der Waals surface area contributed by atoms with Crippen molar-refractivity contribution in [2.75, 3.05) is 6.61 Å². The smallest absolute Gasteiger partial charge is 0.350 e. The lowest BCUT2D eigenvalue weighted by atomic mass is 10.0. The molecule has 0 saturated carbocycles. The molecule has 150 valence electrons. The van der Waals surface area contributed by atoms with Crippen LogP contribution in [0.3, 0.4) is 0 Å². The SMILES string of the molecule is Cc1ccc([C@@H](C)NC(=O)COC(=O)c2sc(-c3ccccc3)nc2C)cc1C. The highest BCUT2D eigenvalue weighted by Gasteiger charge is 2.19. The maximum absolute atomic E-state index is 12.4. The first-order valence-corrected chi connectivity index (χ1v) is 10.2. The van der Waals surface area contributed by atoms with E-state index in [9.17, 15) is 9.59 Å². The van der Waals surface area contributed by atoms with Crippen LogP contribution in [0.4, 0.5) is 0 Å². The van der Waals surface area contributed by atoms with E-state index in [-0.39, 0.29) is 18.6 Å². The molecule has 1 N–H and O–H groups in total. The molecule has 0 spiro atoms. The lowest BCUT2D eigenvalue weighted by molar-refractivity contribution is -0.124. The van der Waals surface area contributed by atoms with Gasteiger partial charge in [-0.25, -0.2) is 9.78 Å². The van der Waals surface area contributed by atoms with Crippen molar-refractivity contribution in [2.45, 2.75) is 33.7 Å². The normalized spacial score (nSPS) is 11.7. The monoisotopic (exact) mass is 408 g/mol. The van der Waals surface area contributed by atoms with Gasteiger partial charge in [-0.1, -0.05) is 48.5 Å². The van der Waals surface area contributed by atoms with Crippen LogP contribution in [0.2, 0.25) is 0 Å². The van der Waals surface area contributed by atoms with E-state index >= 15 is 0 Å². The lowest BCUT2D eigenvalue weighted by Crippen LogP contribution is -2.31. The van der Waals surface area contributed by atoms with Crippen molar-refractivity contribution in [2.24, 2.45) is 0 Å². The zero-order valence-electron chi connectivity index (χ0n) is 17.0. The minimum atomic E-state index is -0.531. The second kappa shape index (κ2) is 9.01. The van der Waals surface area contributed by atoms with Crippen molar-refractivity contribution in [3.05, 3.63) is 75.8 Å². The summed E-state index contributed by atoms with van der Waals surface area (Å²) in [5.74, 6) is -0.870. The van der Waals surface area contributed by atoms with E-state index in [1.807, 2.05) is 63.2 Å². The third kappa shape index (κ3) is 5.09. The first kappa shape index (κ1) is 20.7. The zero-order valence-corrected chi connectivity index (χ0v) is 17.8. The Hall–Kier alpha value is -2.99. The predicted molar refractivity (Wildman–Crippen MR) is 115 cm³/mol. The molecule has 0 fully saturated rings. The van der Waals surface area contributed by atoms with Gasteiger partial charge in [0.05, 0.1) is 11.7 Å². The van der Waals surface area contributed by atoms with E-state index in [0.29, 0.717) is 10.6 Å². The molecular formula is C23H24N2O3S. The average molecular weight is 409 g/mol. The number of esters is 1. The third-order valence-corrected chi connectivity index (χ3v) is 5.93. The van der Waals surface area contributed by atoms with Gasteiger partial charge in [-0.15, -0.1) is 11.3 Å². The minimum Gasteiger partial charge on any atom is -0.451 e. The molecule has 0 unspecified atom stereocenters. The maximum Gasteiger partial charge on any atom is 0.350 e. The molecule has 0 bridgehead atoms. The molecule has 0 saturated heterocycles. The number of carbonyl (C=O) groups is 2. The number of amides is 1. The molecule has 3 aromatic rings.